The summed E-state index contributed by atoms with van der Waals surface area (Å²) in [6.07, 6.45) is 7.30. The molecule has 6 nitrogen and oxygen atoms in total. The third-order valence-electron chi connectivity index (χ3n) is 4.11. The molecule has 0 unspecified atom stereocenters. The Labute approximate surface area is 143 Å². The summed E-state index contributed by atoms with van der Waals surface area (Å²) in [5.41, 5.74) is 0. The molecule has 22 heavy (non-hydrogen) atoms. The first-order valence-electron chi connectivity index (χ1n) is 7.35. The molecule has 0 bridgehead atoms. The molecule has 2 aliphatic rings. The Hall–Kier alpha value is -1.11. The summed E-state index contributed by atoms with van der Waals surface area (Å²) in [6.45, 7) is 5.13. The second-order valence-corrected chi connectivity index (χ2v) is 5.42. The van der Waals surface area contributed by atoms with Gasteiger partial charge in [-0.3, -0.25) is 9.78 Å². The van der Waals surface area contributed by atoms with E-state index >= 15 is 0 Å². The molecular weight excluding hydrogens is 325 g/mol. The van der Waals surface area contributed by atoms with E-state index in [1.807, 2.05) is 4.90 Å². The highest BCUT2D eigenvalue weighted by Gasteiger charge is 2.28. The number of nitrogens with one attached hydrogen (secondary N) is 1. The van der Waals surface area contributed by atoms with Crippen LogP contribution in [0.15, 0.2) is 18.6 Å². The number of piperidine rings is 1. The molecule has 0 spiro atoms. The molecule has 1 aromatic rings. The van der Waals surface area contributed by atoms with Gasteiger partial charge in [0.05, 0.1) is 12.1 Å². The predicted octanol–water partition coefficient (Wildman–Crippen LogP) is 0.968. The number of nitrogens with zero attached hydrogens (tertiary/aromatic N) is 4. The van der Waals surface area contributed by atoms with Crippen molar-refractivity contribution < 1.29 is 4.79 Å². The zero-order chi connectivity index (χ0) is 13.8. The summed E-state index contributed by atoms with van der Waals surface area (Å²) in [7, 11) is 0. The van der Waals surface area contributed by atoms with Gasteiger partial charge in [-0.2, -0.15) is 0 Å². The monoisotopic (exact) mass is 347 g/mol. The molecule has 2 fully saturated rings. The average molecular weight is 348 g/mol. The Bertz CT molecular complexity index is 448. The summed E-state index contributed by atoms with van der Waals surface area (Å²) in [5.74, 6) is 1.39. The zero-order valence-electron chi connectivity index (χ0n) is 12.5. The van der Waals surface area contributed by atoms with Crippen LogP contribution >= 0.6 is 24.8 Å². The van der Waals surface area contributed by atoms with Gasteiger partial charge >= 0.3 is 0 Å². The SMILES string of the molecule is Cl.Cl.O=C([C@@H]1CCCNC1)N1CCN(c2cnccn2)CC1. The topological polar surface area (TPSA) is 61.4 Å². The van der Waals surface area contributed by atoms with Crippen molar-refractivity contribution in [2.24, 2.45) is 5.92 Å². The van der Waals surface area contributed by atoms with Crippen molar-refractivity contribution in [1.82, 2.24) is 20.2 Å². The summed E-state index contributed by atoms with van der Waals surface area (Å²) in [5, 5.41) is 3.31. The minimum Gasteiger partial charge on any atom is -0.352 e. The van der Waals surface area contributed by atoms with Crippen molar-refractivity contribution in [3.63, 3.8) is 0 Å². The van der Waals surface area contributed by atoms with Crippen molar-refractivity contribution in [3.8, 4) is 0 Å². The van der Waals surface area contributed by atoms with E-state index in [2.05, 4.69) is 20.2 Å². The van der Waals surface area contributed by atoms with Gasteiger partial charge in [-0.1, -0.05) is 0 Å². The number of aromatic nitrogens is 2. The summed E-state index contributed by atoms with van der Waals surface area (Å²) < 4.78 is 0. The van der Waals surface area contributed by atoms with Crippen LogP contribution in [-0.2, 0) is 4.79 Å². The third kappa shape index (κ3) is 4.44. The summed E-state index contributed by atoms with van der Waals surface area (Å²) in [4.78, 5) is 25.0. The average Bonchev–Trinajstić information content (AvgIpc) is 2.56. The number of hydrogen-bond donors (Lipinski definition) is 1. The number of halogens is 2. The van der Waals surface area contributed by atoms with Gasteiger partial charge in [0.1, 0.15) is 5.82 Å². The molecule has 0 aliphatic carbocycles. The molecule has 1 aromatic heterocycles. The molecule has 0 aromatic carbocycles. The van der Waals surface area contributed by atoms with E-state index in [1.54, 1.807) is 18.6 Å². The number of piperazine rings is 1. The van der Waals surface area contributed by atoms with Crippen LogP contribution in [-0.4, -0.2) is 60.0 Å². The van der Waals surface area contributed by atoms with E-state index < -0.39 is 0 Å². The van der Waals surface area contributed by atoms with Crippen molar-refractivity contribution in [2.45, 2.75) is 12.8 Å². The van der Waals surface area contributed by atoms with Gasteiger partial charge in [-0.25, -0.2) is 4.98 Å². The van der Waals surface area contributed by atoms with E-state index in [-0.39, 0.29) is 30.7 Å². The first kappa shape index (κ1) is 18.9. The van der Waals surface area contributed by atoms with Crippen LogP contribution in [0.2, 0.25) is 0 Å². The van der Waals surface area contributed by atoms with Crippen LogP contribution in [0.25, 0.3) is 0 Å². The molecule has 3 rings (SSSR count). The van der Waals surface area contributed by atoms with Crippen molar-refractivity contribution in [3.05, 3.63) is 18.6 Å². The van der Waals surface area contributed by atoms with E-state index in [1.165, 1.54) is 0 Å². The zero-order valence-corrected chi connectivity index (χ0v) is 14.1. The van der Waals surface area contributed by atoms with E-state index in [0.29, 0.717) is 5.91 Å². The van der Waals surface area contributed by atoms with E-state index in [0.717, 1.165) is 57.9 Å². The lowest BCUT2D eigenvalue weighted by Crippen LogP contribution is -2.52. The molecule has 0 saturated carbocycles. The molecule has 124 valence electrons. The lowest BCUT2D eigenvalue weighted by molar-refractivity contribution is -0.136. The normalized spacial score (nSPS) is 21.5. The molecule has 8 heteroatoms. The van der Waals surface area contributed by atoms with Gasteiger partial charge in [-0.05, 0) is 19.4 Å². The van der Waals surface area contributed by atoms with Gasteiger partial charge in [0.25, 0.3) is 0 Å². The quantitative estimate of drug-likeness (QED) is 0.863. The standard InChI is InChI=1S/C14H21N5O.2ClH/c20-14(12-2-1-3-15-10-12)19-8-6-18(7-9-19)13-11-16-4-5-17-13;;/h4-5,11-12,15H,1-3,6-10H2;2*1H/t12-;;/m1../s1. The fourth-order valence-electron chi connectivity index (χ4n) is 2.93. The molecule has 1 atom stereocenters. The summed E-state index contributed by atoms with van der Waals surface area (Å²) >= 11 is 0. The van der Waals surface area contributed by atoms with Gasteiger partial charge in [-0.15, -0.1) is 24.8 Å². The van der Waals surface area contributed by atoms with Crippen LogP contribution in [0.1, 0.15) is 12.8 Å². The highest BCUT2D eigenvalue weighted by atomic mass is 35.5. The fourth-order valence-corrected chi connectivity index (χ4v) is 2.93. The number of anilines is 1. The highest BCUT2D eigenvalue weighted by molar-refractivity contribution is 5.85. The minimum absolute atomic E-state index is 0. The van der Waals surface area contributed by atoms with Crippen LogP contribution < -0.4 is 10.2 Å². The number of carbonyl (C=O) groups excluding carboxylic acids is 1. The van der Waals surface area contributed by atoms with Crippen molar-refractivity contribution >= 4 is 36.5 Å². The molecule has 2 aliphatic heterocycles. The van der Waals surface area contributed by atoms with Crippen LogP contribution in [0, 0.1) is 5.92 Å². The van der Waals surface area contributed by atoms with Crippen molar-refractivity contribution in [1.29, 1.82) is 0 Å². The number of hydrogen-bond acceptors (Lipinski definition) is 5. The largest absolute Gasteiger partial charge is 0.352 e. The Morgan fingerprint density at radius 2 is 1.95 bits per heavy atom. The Morgan fingerprint density at radius 3 is 2.55 bits per heavy atom. The minimum atomic E-state index is 0. The smallest absolute Gasteiger partial charge is 0.227 e. The maximum absolute atomic E-state index is 12.4. The Balaban J connectivity index is 0.00000121. The molecule has 1 N–H and O–H groups in total. The summed E-state index contributed by atoms with van der Waals surface area (Å²) in [6, 6.07) is 0. The fraction of sp³-hybridized carbons (Fsp3) is 0.643. The van der Waals surface area contributed by atoms with Crippen molar-refractivity contribution in [2.75, 3.05) is 44.2 Å². The highest BCUT2D eigenvalue weighted by Crippen LogP contribution is 2.17. The number of carbonyl (C=O) groups is 1. The number of rotatable bonds is 2. The maximum Gasteiger partial charge on any atom is 0.227 e. The number of amides is 1. The third-order valence-corrected chi connectivity index (χ3v) is 4.11. The second kappa shape index (κ2) is 9.12. The first-order chi connectivity index (χ1) is 9.84. The van der Waals surface area contributed by atoms with Gasteiger partial charge in [0, 0.05) is 45.1 Å². The van der Waals surface area contributed by atoms with E-state index in [9.17, 15) is 4.79 Å². The van der Waals surface area contributed by atoms with Gasteiger partial charge in [0.15, 0.2) is 0 Å². The van der Waals surface area contributed by atoms with Crippen LogP contribution in [0.4, 0.5) is 5.82 Å². The molecule has 1 amide bonds. The molecular formula is C14H23Cl2N5O. The Kier molecular flexibility index (Phi) is 7.85. The van der Waals surface area contributed by atoms with Gasteiger partial charge < -0.3 is 15.1 Å². The lowest BCUT2D eigenvalue weighted by atomic mass is 9.98. The van der Waals surface area contributed by atoms with E-state index in [4.69, 9.17) is 0 Å². The molecule has 3 heterocycles. The Morgan fingerprint density at radius 1 is 1.18 bits per heavy atom. The molecule has 0 radical (unpaired) electrons. The molecule has 2 saturated heterocycles. The van der Waals surface area contributed by atoms with Crippen LogP contribution in [0.5, 0.6) is 0 Å². The lowest BCUT2D eigenvalue weighted by Gasteiger charge is -2.37. The predicted molar refractivity (Wildman–Crippen MR) is 90.9 cm³/mol. The first-order valence-corrected chi connectivity index (χ1v) is 7.35. The maximum atomic E-state index is 12.4. The second-order valence-electron chi connectivity index (χ2n) is 5.42. The van der Waals surface area contributed by atoms with Crippen LogP contribution in [0.3, 0.4) is 0 Å². The van der Waals surface area contributed by atoms with Gasteiger partial charge in [0.2, 0.25) is 5.91 Å².